The molecule has 0 saturated carbocycles. The smallest absolute Gasteiger partial charge is 0.338 e. The van der Waals surface area contributed by atoms with Gasteiger partial charge in [0.2, 0.25) is 5.95 Å². The van der Waals surface area contributed by atoms with Gasteiger partial charge < -0.3 is 14.4 Å². The topological polar surface area (TPSA) is 84.9 Å². The highest BCUT2D eigenvalue weighted by Crippen LogP contribution is 2.33. The maximum absolute atomic E-state index is 12.8. The predicted octanol–water partition coefficient (Wildman–Crippen LogP) is 4.03. The summed E-state index contributed by atoms with van der Waals surface area (Å²) in [6.07, 6.45) is 2.81. The molecule has 0 spiro atoms. The first-order valence-electron chi connectivity index (χ1n) is 12.4. The van der Waals surface area contributed by atoms with E-state index in [-0.39, 0.29) is 17.7 Å². The first-order chi connectivity index (χ1) is 18.0. The molecule has 192 valence electrons. The molecular formula is C28H29ClN4O4. The fourth-order valence-corrected chi connectivity index (χ4v) is 5.03. The summed E-state index contributed by atoms with van der Waals surface area (Å²) in [6, 6.07) is 14.6. The van der Waals surface area contributed by atoms with Crippen LogP contribution >= 0.6 is 11.6 Å². The number of halogens is 1. The van der Waals surface area contributed by atoms with Gasteiger partial charge in [0.05, 0.1) is 23.9 Å². The van der Waals surface area contributed by atoms with Crippen LogP contribution in [0.1, 0.15) is 44.3 Å². The summed E-state index contributed by atoms with van der Waals surface area (Å²) in [5.74, 6) is 1.16. The van der Waals surface area contributed by atoms with Crippen LogP contribution < -0.4 is 9.64 Å². The molecule has 0 N–H and O–H groups in total. The van der Waals surface area contributed by atoms with Gasteiger partial charge >= 0.3 is 5.97 Å². The second-order valence-corrected chi connectivity index (χ2v) is 9.74. The molecule has 2 aliphatic rings. The van der Waals surface area contributed by atoms with E-state index < -0.39 is 0 Å². The van der Waals surface area contributed by atoms with Crippen molar-refractivity contribution in [1.29, 1.82) is 0 Å². The predicted molar refractivity (Wildman–Crippen MR) is 141 cm³/mol. The minimum Gasteiger partial charge on any atom is -0.497 e. The highest BCUT2D eigenvalue weighted by Gasteiger charge is 2.29. The Morgan fingerprint density at radius 3 is 2.59 bits per heavy atom. The summed E-state index contributed by atoms with van der Waals surface area (Å²) in [4.78, 5) is 38.8. The van der Waals surface area contributed by atoms with E-state index in [2.05, 4.69) is 14.8 Å². The number of aromatic nitrogens is 2. The van der Waals surface area contributed by atoms with Crippen molar-refractivity contribution in [1.82, 2.24) is 14.9 Å². The molecule has 0 bridgehead atoms. The van der Waals surface area contributed by atoms with Crippen molar-refractivity contribution >= 4 is 29.3 Å². The molecule has 0 radical (unpaired) electrons. The number of fused-ring (bicyclic) bond motifs is 1. The molecule has 1 saturated heterocycles. The number of hydrogen-bond donors (Lipinski definition) is 0. The standard InChI is InChI=1S/C28H29ClN4O4/c1-36-23-7-5-19(6-8-23)27(35)37-14-13-32-9-11-33(12-10-32)28-30-18-24-25(31-28)16-21(17-26(24)34)20-3-2-4-22(29)15-20/h2-8,15,18,21H,9-14,16-17H2,1H3. The van der Waals surface area contributed by atoms with E-state index >= 15 is 0 Å². The second-order valence-electron chi connectivity index (χ2n) is 9.31. The van der Waals surface area contributed by atoms with Crippen molar-refractivity contribution < 1.29 is 19.1 Å². The number of carbonyl (C=O) groups excluding carboxylic acids is 2. The number of methoxy groups -OCH3 is 1. The third kappa shape index (κ3) is 5.92. The molecule has 2 aromatic carbocycles. The zero-order valence-corrected chi connectivity index (χ0v) is 21.5. The number of ketones is 1. The molecule has 9 heteroatoms. The van der Waals surface area contributed by atoms with Gasteiger partial charge in [-0.15, -0.1) is 0 Å². The van der Waals surface area contributed by atoms with E-state index in [9.17, 15) is 9.59 Å². The Labute approximate surface area is 221 Å². The van der Waals surface area contributed by atoms with E-state index in [4.69, 9.17) is 26.1 Å². The molecule has 37 heavy (non-hydrogen) atoms. The summed E-state index contributed by atoms with van der Waals surface area (Å²) in [5, 5.41) is 0.674. The van der Waals surface area contributed by atoms with Gasteiger partial charge in [0, 0.05) is 50.4 Å². The van der Waals surface area contributed by atoms with Crippen molar-refractivity contribution in [3.8, 4) is 5.75 Å². The maximum Gasteiger partial charge on any atom is 0.338 e. The molecular weight excluding hydrogens is 492 g/mol. The van der Waals surface area contributed by atoms with Crippen LogP contribution in [0.25, 0.3) is 0 Å². The first kappa shape index (κ1) is 25.2. The normalized spacial score (nSPS) is 17.8. The number of benzene rings is 2. The second kappa shape index (κ2) is 11.3. The van der Waals surface area contributed by atoms with Crippen LogP contribution in [0.4, 0.5) is 5.95 Å². The Balaban J connectivity index is 1.14. The van der Waals surface area contributed by atoms with Crippen molar-refractivity contribution in [3.05, 3.63) is 82.1 Å². The Bertz CT molecular complexity index is 1280. The summed E-state index contributed by atoms with van der Waals surface area (Å²) in [5.41, 5.74) is 3.00. The summed E-state index contributed by atoms with van der Waals surface area (Å²) < 4.78 is 10.6. The van der Waals surface area contributed by atoms with Gasteiger partial charge in [-0.25, -0.2) is 14.8 Å². The molecule has 1 aliphatic heterocycles. The molecule has 2 heterocycles. The lowest BCUT2D eigenvalue weighted by Crippen LogP contribution is -2.48. The number of piperazine rings is 1. The Morgan fingerprint density at radius 2 is 1.86 bits per heavy atom. The van der Waals surface area contributed by atoms with Crippen LogP contribution in [-0.4, -0.2) is 73.1 Å². The largest absolute Gasteiger partial charge is 0.497 e. The van der Waals surface area contributed by atoms with Gasteiger partial charge in [0.15, 0.2) is 5.78 Å². The molecule has 8 nitrogen and oxygen atoms in total. The fourth-order valence-electron chi connectivity index (χ4n) is 4.83. The van der Waals surface area contributed by atoms with E-state index in [0.717, 1.165) is 37.4 Å². The molecule has 3 aromatic rings. The highest BCUT2D eigenvalue weighted by molar-refractivity contribution is 6.30. The van der Waals surface area contributed by atoms with Gasteiger partial charge in [-0.3, -0.25) is 9.69 Å². The molecule has 0 amide bonds. The quantitative estimate of drug-likeness (QED) is 0.432. The molecule has 1 unspecified atom stereocenters. The van der Waals surface area contributed by atoms with Gasteiger partial charge in [0.25, 0.3) is 0 Å². The summed E-state index contributed by atoms with van der Waals surface area (Å²) >= 11 is 6.17. The number of carbonyl (C=O) groups is 2. The van der Waals surface area contributed by atoms with Crippen molar-refractivity contribution in [2.24, 2.45) is 0 Å². The number of anilines is 1. The van der Waals surface area contributed by atoms with Gasteiger partial charge in [-0.2, -0.15) is 0 Å². The molecule has 1 atom stereocenters. The van der Waals surface area contributed by atoms with Crippen LogP contribution in [-0.2, 0) is 11.2 Å². The lowest BCUT2D eigenvalue weighted by atomic mass is 9.82. The minimum atomic E-state index is -0.339. The van der Waals surface area contributed by atoms with Gasteiger partial charge in [-0.1, -0.05) is 23.7 Å². The van der Waals surface area contributed by atoms with E-state index in [1.165, 1.54) is 0 Å². The zero-order valence-electron chi connectivity index (χ0n) is 20.7. The highest BCUT2D eigenvalue weighted by atomic mass is 35.5. The van der Waals surface area contributed by atoms with E-state index in [1.807, 2.05) is 24.3 Å². The fraction of sp³-hybridized carbons (Fsp3) is 0.357. The molecule has 5 rings (SSSR count). The van der Waals surface area contributed by atoms with Crippen molar-refractivity contribution in [3.63, 3.8) is 0 Å². The Morgan fingerprint density at radius 1 is 1.08 bits per heavy atom. The van der Waals surface area contributed by atoms with Crippen LogP contribution in [0.15, 0.2) is 54.7 Å². The van der Waals surface area contributed by atoms with Gasteiger partial charge in [0.1, 0.15) is 12.4 Å². The number of nitrogens with zero attached hydrogens (tertiary/aromatic N) is 4. The van der Waals surface area contributed by atoms with Crippen LogP contribution in [0, 0.1) is 0 Å². The number of Topliss-reactive ketones (excluding diaryl/α,β-unsaturated/α-hetero) is 1. The Hall–Kier alpha value is -3.49. The van der Waals surface area contributed by atoms with Crippen molar-refractivity contribution in [2.45, 2.75) is 18.8 Å². The maximum atomic E-state index is 12.8. The SMILES string of the molecule is COc1ccc(C(=O)OCCN2CCN(c3ncc4c(n3)CC(c3cccc(Cl)c3)CC4=O)CC2)cc1. The lowest BCUT2D eigenvalue weighted by Gasteiger charge is -2.35. The summed E-state index contributed by atoms with van der Waals surface area (Å²) in [6.45, 7) is 4.13. The van der Waals surface area contributed by atoms with E-state index in [1.54, 1.807) is 37.6 Å². The lowest BCUT2D eigenvalue weighted by molar-refractivity contribution is 0.0459. The number of hydrogen-bond acceptors (Lipinski definition) is 8. The number of esters is 1. The third-order valence-electron chi connectivity index (χ3n) is 6.97. The van der Waals surface area contributed by atoms with Crippen molar-refractivity contribution in [2.75, 3.05) is 51.3 Å². The van der Waals surface area contributed by atoms with Crippen LogP contribution in [0.5, 0.6) is 5.75 Å². The summed E-state index contributed by atoms with van der Waals surface area (Å²) in [7, 11) is 1.59. The van der Waals surface area contributed by atoms with E-state index in [0.29, 0.717) is 53.8 Å². The molecule has 1 aliphatic carbocycles. The Kier molecular flexibility index (Phi) is 7.67. The van der Waals surface area contributed by atoms with Crippen LogP contribution in [0.2, 0.25) is 5.02 Å². The zero-order chi connectivity index (χ0) is 25.8. The average molecular weight is 521 g/mol. The average Bonchev–Trinajstić information content (AvgIpc) is 2.93. The van der Waals surface area contributed by atoms with Crippen LogP contribution in [0.3, 0.4) is 0 Å². The number of rotatable bonds is 7. The monoisotopic (exact) mass is 520 g/mol. The van der Waals surface area contributed by atoms with Gasteiger partial charge in [-0.05, 0) is 54.3 Å². The minimum absolute atomic E-state index is 0.0684. The molecule has 1 fully saturated rings. The molecule has 1 aromatic heterocycles. The first-order valence-corrected chi connectivity index (χ1v) is 12.8. The number of ether oxygens (including phenoxy) is 2. The third-order valence-corrected chi connectivity index (χ3v) is 7.20.